The summed E-state index contributed by atoms with van der Waals surface area (Å²) >= 11 is 19.1. The Morgan fingerprint density at radius 1 is 0.952 bits per heavy atom. The van der Waals surface area contributed by atoms with Crippen molar-refractivity contribution in [3.63, 3.8) is 0 Å². The Morgan fingerprint density at radius 3 is 2.19 bits per heavy atom. The molecule has 0 saturated heterocycles. The molecule has 0 aliphatic heterocycles. The minimum Gasteiger partial charge on any atom is -0.207 e. The van der Waals surface area contributed by atoms with Gasteiger partial charge in [0.2, 0.25) is 0 Å². The molecule has 0 aliphatic carbocycles. The third-order valence-electron chi connectivity index (χ3n) is 3.49. The van der Waals surface area contributed by atoms with Gasteiger partial charge in [-0.1, -0.05) is 50.1 Å². The van der Waals surface area contributed by atoms with Crippen LogP contribution < -0.4 is 0 Å². The molecule has 0 atom stereocenters. The predicted octanol–water partition coefficient (Wildman–Crippen LogP) is 6.31. The van der Waals surface area contributed by atoms with Crippen molar-refractivity contribution in [1.29, 1.82) is 0 Å². The van der Waals surface area contributed by atoms with E-state index in [2.05, 4.69) is 31.9 Å². The van der Waals surface area contributed by atoms with E-state index in [0.29, 0.717) is 28.2 Å². The SMILES string of the molecule is Fc1cc(Br)ccc1CC(CCl)(CCl)c1cccc(Br)c1. The topological polar surface area (TPSA) is 0 Å². The van der Waals surface area contributed by atoms with E-state index in [1.807, 2.05) is 30.3 Å². The van der Waals surface area contributed by atoms with Crippen LogP contribution >= 0.6 is 55.1 Å². The first kappa shape index (κ1) is 17.3. The summed E-state index contributed by atoms with van der Waals surface area (Å²) in [6.45, 7) is 0. The molecule has 0 N–H and O–H groups in total. The summed E-state index contributed by atoms with van der Waals surface area (Å²) < 4.78 is 15.8. The van der Waals surface area contributed by atoms with Crippen LogP contribution in [0.3, 0.4) is 0 Å². The maximum absolute atomic E-state index is 14.1. The Hall–Kier alpha value is -0.0900. The Balaban J connectivity index is 2.43. The van der Waals surface area contributed by atoms with Crippen molar-refractivity contribution in [1.82, 2.24) is 0 Å². The zero-order valence-corrected chi connectivity index (χ0v) is 15.7. The number of hydrogen-bond donors (Lipinski definition) is 0. The molecule has 0 heterocycles. The van der Waals surface area contributed by atoms with Crippen molar-refractivity contribution in [2.45, 2.75) is 11.8 Å². The maximum atomic E-state index is 14.1. The van der Waals surface area contributed by atoms with E-state index in [-0.39, 0.29) is 5.82 Å². The lowest BCUT2D eigenvalue weighted by atomic mass is 9.78. The molecule has 0 fully saturated rings. The van der Waals surface area contributed by atoms with Gasteiger partial charge < -0.3 is 0 Å². The molecule has 0 amide bonds. The van der Waals surface area contributed by atoms with Gasteiger partial charge in [0.25, 0.3) is 0 Å². The highest BCUT2D eigenvalue weighted by atomic mass is 79.9. The zero-order valence-electron chi connectivity index (χ0n) is 11.1. The van der Waals surface area contributed by atoms with Crippen LogP contribution in [0.25, 0.3) is 0 Å². The first-order chi connectivity index (χ1) is 10.0. The summed E-state index contributed by atoms with van der Waals surface area (Å²) in [6.07, 6.45) is 0.454. The van der Waals surface area contributed by atoms with Crippen molar-refractivity contribution in [3.05, 3.63) is 68.4 Å². The molecule has 0 bridgehead atoms. The summed E-state index contributed by atoms with van der Waals surface area (Å²) in [5.41, 5.74) is 1.12. The third kappa shape index (κ3) is 4.01. The van der Waals surface area contributed by atoms with E-state index in [4.69, 9.17) is 23.2 Å². The van der Waals surface area contributed by atoms with Crippen LogP contribution in [0, 0.1) is 5.82 Å². The van der Waals surface area contributed by atoms with Crippen molar-refractivity contribution >= 4 is 55.1 Å². The first-order valence-corrected chi connectivity index (χ1v) is 8.98. The summed E-state index contributed by atoms with van der Waals surface area (Å²) in [4.78, 5) is 0. The number of benzene rings is 2. The molecular formula is C16H13Br2Cl2F. The third-order valence-corrected chi connectivity index (χ3v) is 5.50. The van der Waals surface area contributed by atoms with E-state index >= 15 is 0 Å². The van der Waals surface area contributed by atoms with E-state index in [0.717, 1.165) is 10.0 Å². The molecular weight excluding hydrogens is 442 g/mol. The second-order valence-corrected chi connectivity index (χ2v) is 7.34. The highest BCUT2D eigenvalue weighted by molar-refractivity contribution is 9.10. The summed E-state index contributed by atoms with van der Waals surface area (Å²) in [6, 6.07) is 12.9. The molecule has 2 aromatic rings. The average molecular weight is 455 g/mol. The van der Waals surface area contributed by atoms with Crippen LogP contribution in [0.4, 0.5) is 4.39 Å². The van der Waals surface area contributed by atoms with Gasteiger partial charge in [-0.05, 0) is 41.8 Å². The lowest BCUT2D eigenvalue weighted by molar-refractivity contribution is 0.511. The lowest BCUT2D eigenvalue weighted by Gasteiger charge is -2.31. The van der Waals surface area contributed by atoms with Gasteiger partial charge in [-0.25, -0.2) is 4.39 Å². The van der Waals surface area contributed by atoms with Crippen molar-refractivity contribution in [2.75, 3.05) is 11.8 Å². The van der Waals surface area contributed by atoms with Crippen LogP contribution in [0.2, 0.25) is 0 Å². The largest absolute Gasteiger partial charge is 0.207 e. The molecule has 112 valence electrons. The molecule has 0 spiro atoms. The van der Waals surface area contributed by atoms with Crippen LogP contribution in [0.15, 0.2) is 51.4 Å². The molecule has 21 heavy (non-hydrogen) atoms. The summed E-state index contributed by atoms with van der Waals surface area (Å²) in [5, 5.41) is 0. The van der Waals surface area contributed by atoms with E-state index in [1.165, 1.54) is 6.07 Å². The number of hydrogen-bond acceptors (Lipinski definition) is 0. The molecule has 0 nitrogen and oxygen atoms in total. The van der Waals surface area contributed by atoms with Gasteiger partial charge in [0.15, 0.2) is 0 Å². The highest BCUT2D eigenvalue weighted by Gasteiger charge is 2.32. The standard InChI is InChI=1S/C16H13Br2Cl2F/c17-13-3-1-2-12(6-13)16(9-19,10-20)8-11-4-5-14(18)7-15(11)21/h1-7H,8-10H2. The normalized spacial score (nSPS) is 11.7. The quantitative estimate of drug-likeness (QED) is 0.464. The Bertz CT molecular complexity index is 627. The lowest BCUT2D eigenvalue weighted by Crippen LogP contribution is -2.33. The van der Waals surface area contributed by atoms with Gasteiger partial charge >= 0.3 is 0 Å². The fourth-order valence-electron chi connectivity index (χ4n) is 2.23. The van der Waals surface area contributed by atoms with E-state index in [1.54, 1.807) is 6.07 Å². The minimum atomic E-state index is -0.498. The molecule has 0 aliphatic rings. The molecule has 0 unspecified atom stereocenters. The zero-order chi connectivity index (χ0) is 15.5. The van der Waals surface area contributed by atoms with Gasteiger partial charge in [-0.3, -0.25) is 0 Å². The molecule has 2 rings (SSSR count). The van der Waals surface area contributed by atoms with Gasteiger partial charge in [-0.2, -0.15) is 0 Å². The van der Waals surface area contributed by atoms with Crippen LogP contribution in [0.5, 0.6) is 0 Å². The minimum absolute atomic E-state index is 0.251. The Labute approximate surface area is 150 Å². The predicted molar refractivity (Wildman–Crippen MR) is 95.1 cm³/mol. The smallest absolute Gasteiger partial charge is 0.127 e. The fraction of sp³-hybridized carbons (Fsp3) is 0.250. The average Bonchev–Trinajstić information content (AvgIpc) is 2.47. The second-order valence-electron chi connectivity index (χ2n) is 4.97. The molecule has 0 aromatic heterocycles. The summed E-state index contributed by atoms with van der Waals surface area (Å²) in [5.74, 6) is 0.393. The van der Waals surface area contributed by atoms with Gasteiger partial charge in [-0.15, -0.1) is 23.2 Å². The van der Waals surface area contributed by atoms with Crippen LogP contribution in [-0.2, 0) is 11.8 Å². The summed E-state index contributed by atoms with van der Waals surface area (Å²) in [7, 11) is 0. The first-order valence-electron chi connectivity index (χ1n) is 6.33. The fourth-order valence-corrected chi connectivity index (χ4v) is 3.75. The van der Waals surface area contributed by atoms with E-state index in [9.17, 15) is 4.39 Å². The van der Waals surface area contributed by atoms with Crippen molar-refractivity contribution in [3.8, 4) is 0 Å². The molecule has 0 saturated carbocycles. The number of halogens is 5. The molecule has 2 aromatic carbocycles. The van der Waals surface area contributed by atoms with E-state index < -0.39 is 5.41 Å². The maximum Gasteiger partial charge on any atom is 0.127 e. The van der Waals surface area contributed by atoms with Gasteiger partial charge in [0.05, 0.1) is 0 Å². The van der Waals surface area contributed by atoms with Crippen molar-refractivity contribution < 1.29 is 4.39 Å². The van der Waals surface area contributed by atoms with Crippen LogP contribution in [-0.4, -0.2) is 11.8 Å². The van der Waals surface area contributed by atoms with Gasteiger partial charge in [0.1, 0.15) is 5.82 Å². The highest BCUT2D eigenvalue weighted by Crippen LogP contribution is 2.34. The molecule has 5 heteroatoms. The Morgan fingerprint density at radius 2 is 1.62 bits per heavy atom. The monoisotopic (exact) mass is 452 g/mol. The van der Waals surface area contributed by atoms with Crippen LogP contribution in [0.1, 0.15) is 11.1 Å². The molecule has 0 radical (unpaired) electrons. The van der Waals surface area contributed by atoms with Crippen molar-refractivity contribution in [2.24, 2.45) is 0 Å². The Kier molecular flexibility index (Phi) is 6.13. The van der Waals surface area contributed by atoms with Gasteiger partial charge in [0, 0.05) is 26.1 Å². The number of rotatable bonds is 5. The number of alkyl halides is 2. The second kappa shape index (κ2) is 7.45.